The summed E-state index contributed by atoms with van der Waals surface area (Å²) in [5.74, 6) is 4.65. The molecule has 2 N–H and O–H groups in total. The van der Waals surface area contributed by atoms with E-state index in [1.54, 1.807) is 0 Å². The molecule has 0 unspecified atom stereocenters. The van der Waals surface area contributed by atoms with Crippen LogP contribution in [0.2, 0.25) is 0 Å². The zero-order valence-corrected chi connectivity index (χ0v) is 6.34. The summed E-state index contributed by atoms with van der Waals surface area (Å²) < 4.78 is 0. The van der Waals surface area contributed by atoms with Crippen LogP contribution in [0, 0.1) is 15.0 Å². The highest BCUT2D eigenvalue weighted by molar-refractivity contribution is 5.55. The highest BCUT2D eigenvalue weighted by atomic mass is 16.6. The predicted molar refractivity (Wildman–Crippen MR) is 43.4 cm³/mol. The third-order valence-electron chi connectivity index (χ3n) is 1.37. The Morgan fingerprint density at radius 1 is 1.54 bits per heavy atom. The van der Waals surface area contributed by atoms with Crippen molar-refractivity contribution < 1.29 is 9.76 Å². The molecule has 0 saturated carbocycles. The van der Waals surface area contributed by atoms with Crippen molar-refractivity contribution in [1.29, 1.82) is 0 Å². The Morgan fingerprint density at radius 3 is 2.69 bits per heavy atom. The first kappa shape index (κ1) is 9.07. The molecule has 0 atom stereocenters. The number of nitro groups is 1. The topological polar surface area (TPSA) is 108 Å². The minimum absolute atomic E-state index is 0.0486. The van der Waals surface area contributed by atoms with E-state index < -0.39 is 4.92 Å². The quantitative estimate of drug-likeness (QED) is 0.430. The molecule has 0 aromatic heterocycles. The Balaban J connectivity index is 3.25. The van der Waals surface area contributed by atoms with E-state index in [1.807, 2.05) is 0 Å². The number of benzene rings is 1. The van der Waals surface area contributed by atoms with E-state index in [2.05, 4.69) is 10.0 Å². The molecule has 0 radical (unpaired) electrons. The Kier molecular flexibility index (Phi) is 2.50. The summed E-state index contributed by atoms with van der Waals surface area (Å²) in [4.78, 5) is 23.9. The average molecular weight is 183 g/mol. The lowest BCUT2D eigenvalue weighted by atomic mass is 10.2. The highest BCUT2D eigenvalue weighted by Crippen LogP contribution is 2.30. The van der Waals surface area contributed by atoms with E-state index in [0.717, 1.165) is 6.07 Å². The lowest BCUT2D eigenvalue weighted by Crippen LogP contribution is -2.04. The fraction of sp³-hybridized carbons (Fsp3) is 0. The van der Waals surface area contributed by atoms with Crippen molar-refractivity contribution in [2.45, 2.75) is 0 Å². The molecule has 7 nitrogen and oxygen atoms in total. The maximum absolute atomic E-state index is 10.4. The molecule has 0 aliphatic heterocycles. The van der Waals surface area contributed by atoms with Crippen LogP contribution in [-0.2, 0) is 0 Å². The fourth-order valence-corrected chi connectivity index (χ4v) is 0.805. The van der Waals surface area contributed by atoms with Crippen LogP contribution in [0.15, 0.2) is 23.4 Å². The van der Waals surface area contributed by atoms with Crippen LogP contribution in [-0.4, -0.2) is 4.92 Å². The van der Waals surface area contributed by atoms with Crippen molar-refractivity contribution >= 4 is 11.4 Å². The van der Waals surface area contributed by atoms with E-state index >= 15 is 0 Å². The summed E-state index contributed by atoms with van der Waals surface area (Å²) in [5, 5.41) is 12.9. The molecule has 0 amide bonds. The van der Waals surface area contributed by atoms with Gasteiger partial charge < -0.3 is 4.84 Å². The van der Waals surface area contributed by atoms with Crippen molar-refractivity contribution in [3.63, 3.8) is 0 Å². The van der Waals surface area contributed by atoms with Crippen molar-refractivity contribution in [3.8, 4) is 5.75 Å². The zero-order chi connectivity index (χ0) is 9.84. The van der Waals surface area contributed by atoms with Crippen LogP contribution in [0.1, 0.15) is 0 Å². The van der Waals surface area contributed by atoms with E-state index in [4.69, 9.17) is 5.90 Å². The van der Waals surface area contributed by atoms with Gasteiger partial charge in [0.1, 0.15) is 5.69 Å². The molecule has 7 heteroatoms. The summed E-state index contributed by atoms with van der Waals surface area (Å²) in [6, 6.07) is 3.45. The van der Waals surface area contributed by atoms with Crippen LogP contribution in [0.4, 0.5) is 11.4 Å². The largest absolute Gasteiger partial charge is 0.404 e. The smallest absolute Gasteiger partial charge is 0.315 e. The highest BCUT2D eigenvalue weighted by Gasteiger charge is 2.15. The summed E-state index contributed by atoms with van der Waals surface area (Å²) in [6.07, 6.45) is 0. The Bertz CT molecular complexity index is 352. The summed E-state index contributed by atoms with van der Waals surface area (Å²) >= 11 is 0. The first-order valence-electron chi connectivity index (χ1n) is 3.17. The van der Waals surface area contributed by atoms with Gasteiger partial charge in [0.15, 0.2) is 0 Å². The van der Waals surface area contributed by atoms with Gasteiger partial charge in [0.2, 0.25) is 5.75 Å². The van der Waals surface area contributed by atoms with Gasteiger partial charge in [0.25, 0.3) is 0 Å². The third-order valence-corrected chi connectivity index (χ3v) is 1.37. The standard InChI is InChI=1S/C6H5N3O4/c7-13-6-2-1-4(8-10)3-5(6)9(11)12/h1-3H,7H2. The summed E-state index contributed by atoms with van der Waals surface area (Å²) in [5.41, 5.74) is -0.438. The molecule has 0 aliphatic rings. The Hall–Kier alpha value is -2.02. The molecule has 1 aromatic carbocycles. The molecule has 0 heterocycles. The van der Waals surface area contributed by atoms with Crippen LogP contribution < -0.4 is 10.7 Å². The van der Waals surface area contributed by atoms with Gasteiger partial charge >= 0.3 is 5.69 Å². The minimum Gasteiger partial charge on any atom is -0.404 e. The van der Waals surface area contributed by atoms with Crippen LogP contribution in [0.3, 0.4) is 0 Å². The molecular formula is C6H5N3O4. The minimum atomic E-state index is -0.711. The first-order valence-corrected chi connectivity index (χ1v) is 3.17. The van der Waals surface area contributed by atoms with E-state index in [1.165, 1.54) is 12.1 Å². The van der Waals surface area contributed by atoms with Crippen LogP contribution in [0.25, 0.3) is 0 Å². The number of nitroso groups, excluding NO2 is 1. The molecular weight excluding hydrogens is 178 g/mol. The maximum Gasteiger partial charge on any atom is 0.315 e. The lowest BCUT2D eigenvalue weighted by molar-refractivity contribution is -0.385. The Labute approximate surface area is 72.2 Å². The number of rotatable bonds is 3. The molecule has 0 aliphatic carbocycles. The van der Waals surface area contributed by atoms with Gasteiger partial charge in [-0.05, 0) is 17.3 Å². The lowest BCUT2D eigenvalue weighted by Gasteiger charge is -1.99. The van der Waals surface area contributed by atoms with Gasteiger partial charge in [-0.25, -0.2) is 0 Å². The second-order valence-electron chi connectivity index (χ2n) is 2.12. The number of hydrogen-bond acceptors (Lipinski definition) is 6. The molecule has 0 spiro atoms. The third kappa shape index (κ3) is 1.76. The molecule has 0 fully saturated rings. The predicted octanol–water partition coefficient (Wildman–Crippen LogP) is 1.25. The van der Waals surface area contributed by atoms with Crippen molar-refractivity contribution in [3.05, 3.63) is 33.2 Å². The Morgan fingerprint density at radius 2 is 2.23 bits per heavy atom. The number of hydrogen-bond donors (Lipinski definition) is 1. The molecule has 1 aromatic rings. The van der Waals surface area contributed by atoms with E-state index in [9.17, 15) is 15.0 Å². The van der Waals surface area contributed by atoms with Crippen LogP contribution in [0.5, 0.6) is 5.75 Å². The van der Waals surface area contributed by atoms with Gasteiger partial charge in [-0.2, -0.15) is 5.90 Å². The first-order chi connectivity index (χ1) is 6.19. The molecule has 13 heavy (non-hydrogen) atoms. The van der Waals surface area contributed by atoms with E-state index in [0.29, 0.717) is 0 Å². The number of nitrogens with zero attached hydrogens (tertiary/aromatic N) is 2. The summed E-state index contributed by atoms with van der Waals surface area (Å²) in [6.45, 7) is 0. The average Bonchev–Trinajstić information content (AvgIpc) is 2.16. The normalized spacial score (nSPS) is 9.31. The number of nitrogens with two attached hydrogens (primary N) is 1. The van der Waals surface area contributed by atoms with Gasteiger partial charge in [-0.15, -0.1) is 4.91 Å². The fourth-order valence-electron chi connectivity index (χ4n) is 0.805. The maximum atomic E-state index is 10.4. The van der Waals surface area contributed by atoms with E-state index in [-0.39, 0.29) is 17.1 Å². The van der Waals surface area contributed by atoms with Crippen molar-refractivity contribution in [2.75, 3.05) is 0 Å². The second kappa shape index (κ2) is 3.59. The van der Waals surface area contributed by atoms with Crippen LogP contribution >= 0.6 is 0 Å². The zero-order valence-electron chi connectivity index (χ0n) is 6.34. The summed E-state index contributed by atoms with van der Waals surface area (Å²) in [7, 11) is 0. The molecule has 1 rings (SSSR count). The van der Waals surface area contributed by atoms with Gasteiger partial charge in [-0.3, -0.25) is 10.1 Å². The molecule has 68 valence electrons. The van der Waals surface area contributed by atoms with Crippen molar-refractivity contribution in [1.82, 2.24) is 0 Å². The molecule has 0 saturated heterocycles. The monoisotopic (exact) mass is 183 g/mol. The molecule has 0 bridgehead atoms. The SMILES string of the molecule is NOc1ccc(N=O)cc1[N+](=O)[O-]. The van der Waals surface area contributed by atoms with Gasteiger partial charge in [-0.1, -0.05) is 0 Å². The number of nitro benzene ring substituents is 1. The second-order valence-corrected chi connectivity index (χ2v) is 2.12. The van der Waals surface area contributed by atoms with Gasteiger partial charge in [0.05, 0.1) is 4.92 Å². The van der Waals surface area contributed by atoms with Crippen molar-refractivity contribution in [2.24, 2.45) is 11.1 Å². The van der Waals surface area contributed by atoms with Gasteiger partial charge in [0, 0.05) is 6.07 Å².